The Balaban J connectivity index is 2.49. The van der Waals surface area contributed by atoms with Crippen LogP contribution in [0, 0.1) is 6.92 Å². The highest BCUT2D eigenvalue weighted by atomic mass is 16.4. The van der Waals surface area contributed by atoms with Crippen molar-refractivity contribution in [1.82, 2.24) is 9.78 Å². The van der Waals surface area contributed by atoms with Crippen molar-refractivity contribution in [1.29, 1.82) is 0 Å². The first-order chi connectivity index (χ1) is 8.09. The molecular formula is C13H14N2O2. The highest BCUT2D eigenvalue weighted by Crippen LogP contribution is 2.25. The van der Waals surface area contributed by atoms with E-state index in [0.29, 0.717) is 5.69 Å². The van der Waals surface area contributed by atoms with Gasteiger partial charge in [-0.05, 0) is 12.5 Å². The van der Waals surface area contributed by atoms with Crippen LogP contribution in [-0.4, -0.2) is 20.9 Å². The molecule has 0 spiro atoms. The Kier molecular flexibility index (Phi) is 2.95. The first-order valence-electron chi connectivity index (χ1n) is 5.39. The van der Waals surface area contributed by atoms with Crippen molar-refractivity contribution in [3.05, 3.63) is 41.6 Å². The lowest BCUT2D eigenvalue weighted by Crippen LogP contribution is -2.02. The van der Waals surface area contributed by atoms with Crippen LogP contribution in [0.1, 0.15) is 11.3 Å². The second-order valence-corrected chi connectivity index (χ2v) is 3.98. The van der Waals surface area contributed by atoms with Crippen molar-refractivity contribution in [3.8, 4) is 11.3 Å². The molecule has 4 nitrogen and oxygen atoms in total. The number of carboxylic acid groups (broad SMARTS) is 1. The molecule has 1 N–H and O–H groups in total. The molecule has 0 aliphatic heterocycles. The Morgan fingerprint density at radius 1 is 1.35 bits per heavy atom. The molecule has 4 heteroatoms. The van der Waals surface area contributed by atoms with E-state index in [1.807, 2.05) is 44.3 Å². The fourth-order valence-electron chi connectivity index (χ4n) is 2.00. The van der Waals surface area contributed by atoms with E-state index in [1.165, 1.54) is 0 Å². The van der Waals surface area contributed by atoms with Gasteiger partial charge in [-0.15, -0.1) is 0 Å². The molecule has 0 aliphatic rings. The van der Waals surface area contributed by atoms with Crippen molar-refractivity contribution >= 4 is 5.97 Å². The standard InChI is InChI=1S/C13H14N2O2/c1-9-11(8-12(16)17)14-15(2)13(9)10-6-4-3-5-7-10/h3-7H,8H2,1-2H3,(H,16,17). The Bertz CT molecular complexity index is 544. The summed E-state index contributed by atoms with van der Waals surface area (Å²) in [6.45, 7) is 1.91. The van der Waals surface area contributed by atoms with Gasteiger partial charge in [-0.1, -0.05) is 30.3 Å². The predicted octanol–water partition coefficient (Wildman–Crippen LogP) is 2.02. The molecule has 0 radical (unpaired) electrons. The molecule has 2 aromatic rings. The maximum Gasteiger partial charge on any atom is 0.309 e. The first-order valence-corrected chi connectivity index (χ1v) is 5.39. The van der Waals surface area contributed by atoms with Gasteiger partial charge in [0, 0.05) is 12.6 Å². The molecule has 1 aromatic heterocycles. The predicted molar refractivity (Wildman–Crippen MR) is 64.7 cm³/mol. The number of aromatic nitrogens is 2. The van der Waals surface area contributed by atoms with Gasteiger partial charge in [-0.3, -0.25) is 9.48 Å². The van der Waals surface area contributed by atoms with Crippen LogP contribution in [-0.2, 0) is 18.3 Å². The molecule has 0 atom stereocenters. The second-order valence-electron chi connectivity index (χ2n) is 3.98. The molecule has 0 saturated carbocycles. The Labute approximate surface area is 99.5 Å². The zero-order chi connectivity index (χ0) is 12.4. The van der Waals surface area contributed by atoms with Crippen molar-refractivity contribution in [2.45, 2.75) is 13.3 Å². The third-order valence-corrected chi connectivity index (χ3v) is 2.75. The number of benzene rings is 1. The molecule has 2 rings (SSSR count). The normalized spacial score (nSPS) is 10.5. The van der Waals surface area contributed by atoms with E-state index < -0.39 is 5.97 Å². The zero-order valence-electron chi connectivity index (χ0n) is 9.84. The number of hydrogen-bond donors (Lipinski definition) is 1. The van der Waals surface area contributed by atoms with Crippen molar-refractivity contribution < 1.29 is 9.90 Å². The Morgan fingerprint density at radius 2 is 2.00 bits per heavy atom. The van der Waals surface area contributed by atoms with Gasteiger partial charge in [-0.25, -0.2) is 0 Å². The number of aliphatic carboxylic acids is 1. The van der Waals surface area contributed by atoms with E-state index in [-0.39, 0.29) is 6.42 Å². The molecule has 0 unspecified atom stereocenters. The van der Waals surface area contributed by atoms with Gasteiger partial charge in [0.1, 0.15) is 0 Å². The van der Waals surface area contributed by atoms with E-state index in [0.717, 1.165) is 16.8 Å². The summed E-state index contributed by atoms with van der Waals surface area (Å²) < 4.78 is 1.74. The molecule has 0 amide bonds. The van der Waals surface area contributed by atoms with Crippen LogP contribution in [0.4, 0.5) is 0 Å². The molecule has 0 bridgehead atoms. The summed E-state index contributed by atoms with van der Waals surface area (Å²) in [5.41, 5.74) is 3.58. The van der Waals surface area contributed by atoms with E-state index in [4.69, 9.17) is 5.11 Å². The van der Waals surface area contributed by atoms with E-state index in [9.17, 15) is 4.79 Å². The summed E-state index contributed by atoms with van der Waals surface area (Å²) in [6.07, 6.45) is -0.0352. The van der Waals surface area contributed by atoms with Gasteiger partial charge in [0.25, 0.3) is 0 Å². The summed E-state index contributed by atoms with van der Waals surface area (Å²) in [4.78, 5) is 10.7. The minimum atomic E-state index is -0.856. The van der Waals surface area contributed by atoms with Crippen LogP contribution in [0.15, 0.2) is 30.3 Å². The maximum absolute atomic E-state index is 10.7. The highest BCUT2D eigenvalue weighted by molar-refractivity contribution is 5.72. The quantitative estimate of drug-likeness (QED) is 0.877. The van der Waals surface area contributed by atoms with Gasteiger partial charge in [0.2, 0.25) is 0 Å². The number of rotatable bonds is 3. The van der Waals surface area contributed by atoms with Gasteiger partial charge in [0.15, 0.2) is 0 Å². The molecule has 1 aromatic carbocycles. The van der Waals surface area contributed by atoms with Crippen LogP contribution in [0.5, 0.6) is 0 Å². The average Bonchev–Trinajstić information content (AvgIpc) is 2.54. The fraction of sp³-hybridized carbons (Fsp3) is 0.231. The molecule has 88 valence electrons. The Hall–Kier alpha value is -2.10. The number of carboxylic acids is 1. The zero-order valence-corrected chi connectivity index (χ0v) is 9.84. The van der Waals surface area contributed by atoms with Crippen LogP contribution in [0.25, 0.3) is 11.3 Å². The van der Waals surface area contributed by atoms with Crippen LogP contribution in [0.3, 0.4) is 0 Å². The van der Waals surface area contributed by atoms with Gasteiger partial charge < -0.3 is 5.11 Å². The topological polar surface area (TPSA) is 55.1 Å². The van der Waals surface area contributed by atoms with E-state index >= 15 is 0 Å². The van der Waals surface area contributed by atoms with Crippen LogP contribution < -0.4 is 0 Å². The Morgan fingerprint density at radius 3 is 2.59 bits per heavy atom. The molecule has 17 heavy (non-hydrogen) atoms. The van der Waals surface area contributed by atoms with Crippen molar-refractivity contribution in [3.63, 3.8) is 0 Å². The third kappa shape index (κ3) is 2.20. The first kappa shape index (κ1) is 11.4. The molecule has 1 heterocycles. The monoisotopic (exact) mass is 230 g/mol. The van der Waals surface area contributed by atoms with Gasteiger partial charge in [-0.2, -0.15) is 5.10 Å². The van der Waals surface area contributed by atoms with Crippen molar-refractivity contribution in [2.24, 2.45) is 7.05 Å². The summed E-state index contributed by atoms with van der Waals surface area (Å²) in [5, 5.41) is 13.1. The number of hydrogen-bond acceptors (Lipinski definition) is 2. The van der Waals surface area contributed by atoms with Crippen LogP contribution in [0.2, 0.25) is 0 Å². The third-order valence-electron chi connectivity index (χ3n) is 2.75. The molecule has 0 fully saturated rings. The number of carbonyl (C=O) groups is 1. The van der Waals surface area contributed by atoms with Crippen molar-refractivity contribution in [2.75, 3.05) is 0 Å². The maximum atomic E-state index is 10.7. The number of aryl methyl sites for hydroxylation is 1. The lowest BCUT2D eigenvalue weighted by molar-refractivity contribution is -0.136. The summed E-state index contributed by atoms with van der Waals surface area (Å²) in [7, 11) is 1.83. The highest BCUT2D eigenvalue weighted by Gasteiger charge is 2.15. The lowest BCUT2D eigenvalue weighted by atomic mass is 10.1. The minimum absolute atomic E-state index is 0.0352. The average molecular weight is 230 g/mol. The summed E-state index contributed by atoms with van der Waals surface area (Å²) in [5.74, 6) is -0.856. The largest absolute Gasteiger partial charge is 0.481 e. The van der Waals surface area contributed by atoms with Gasteiger partial charge in [0.05, 0.1) is 17.8 Å². The fourth-order valence-corrected chi connectivity index (χ4v) is 2.00. The van der Waals surface area contributed by atoms with Crippen LogP contribution >= 0.6 is 0 Å². The van der Waals surface area contributed by atoms with E-state index in [2.05, 4.69) is 5.10 Å². The lowest BCUT2D eigenvalue weighted by Gasteiger charge is -2.03. The van der Waals surface area contributed by atoms with E-state index in [1.54, 1.807) is 4.68 Å². The SMILES string of the molecule is Cc1c(CC(=O)O)nn(C)c1-c1ccccc1. The molecule has 0 aliphatic carbocycles. The second kappa shape index (κ2) is 4.41. The number of nitrogens with zero attached hydrogens (tertiary/aromatic N) is 2. The summed E-state index contributed by atoms with van der Waals surface area (Å²) >= 11 is 0. The smallest absolute Gasteiger partial charge is 0.309 e. The molecular weight excluding hydrogens is 216 g/mol. The summed E-state index contributed by atoms with van der Waals surface area (Å²) in [6, 6.07) is 9.85. The van der Waals surface area contributed by atoms with Gasteiger partial charge >= 0.3 is 5.97 Å². The molecule has 0 saturated heterocycles. The minimum Gasteiger partial charge on any atom is -0.481 e.